The number of hydrogen-bond acceptors (Lipinski definition) is 3. The van der Waals surface area contributed by atoms with Crippen molar-refractivity contribution in [2.45, 2.75) is 59.5 Å². The SMILES string of the molecule is CC(C)NCC1(CN(C)C(C)C(C)C)CCOCC1. The molecule has 1 aliphatic heterocycles. The molecule has 0 spiro atoms. The van der Waals surface area contributed by atoms with E-state index in [1.165, 1.54) is 19.4 Å². The van der Waals surface area contributed by atoms with E-state index in [0.717, 1.165) is 19.8 Å². The Morgan fingerprint density at radius 1 is 1.11 bits per heavy atom. The van der Waals surface area contributed by atoms with Crippen LogP contribution in [0.25, 0.3) is 0 Å². The van der Waals surface area contributed by atoms with Gasteiger partial charge in [-0.05, 0) is 38.1 Å². The average Bonchev–Trinajstić information content (AvgIpc) is 2.36. The summed E-state index contributed by atoms with van der Waals surface area (Å²) in [5.74, 6) is 0.708. The Balaban J connectivity index is 2.62. The molecule has 3 heteroatoms. The fourth-order valence-electron chi connectivity index (χ4n) is 2.80. The van der Waals surface area contributed by atoms with E-state index in [-0.39, 0.29) is 0 Å². The van der Waals surface area contributed by atoms with E-state index in [9.17, 15) is 0 Å². The lowest BCUT2D eigenvalue weighted by molar-refractivity contribution is -0.00934. The Bertz CT molecular complexity index is 247. The summed E-state index contributed by atoms with van der Waals surface area (Å²) in [6, 6.07) is 1.20. The quantitative estimate of drug-likeness (QED) is 0.770. The highest BCUT2D eigenvalue weighted by Gasteiger charge is 2.34. The van der Waals surface area contributed by atoms with E-state index in [1.807, 2.05) is 0 Å². The second-order valence-corrected chi connectivity index (χ2v) is 7.05. The van der Waals surface area contributed by atoms with Gasteiger partial charge in [-0.1, -0.05) is 27.7 Å². The summed E-state index contributed by atoms with van der Waals surface area (Å²) in [5, 5.41) is 3.65. The number of nitrogens with zero attached hydrogens (tertiary/aromatic N) is 1. The van der Waals surface area contributed by atoms with Gasteiger partial charge in [0.05, 0.1) is 0 Å². The summed E-state index contributed by atoms with van der Waals surface area (Å²) >= 11 is 0. The first-order valence-corrected chi connectivity index (χ1v) is 7.88. The molecule has 0 aromatic rings. The van der Waals surface area contributed by atoms with Crippen molar-refractivity contribution in [3.8, 4) is 0 Å². The third-order valence-electron chi connectivity index (χ3n) is 4.68. The third kappa shape index (κ3) is 5.41. The Morgan fingerprint density at radius 2 is 1.68 bits per heavy atom. The van der Waals surface area contributed by atoms with Crippen molar-refractivity contribution in [1.29, 1.82) is 0 Å². The first-order chi connectivity index (χ1) is 8.86. The van der Waals surface area contributed by atoms with Gasteiger partial charge in [-0.25, -0.2) is 0 Å². The summed E-state index contributed by atoms with van der Waals surface area (Å²) in [4.78, 5) is 2.54. The molecule has 0 aliphatic carbocycles. The molecule has 3 nitrogen and oxygen atoms in total. The number of rotatable bonds is 7. The van der Waals surface area contributed by atoms with E-state index >= 15 is 0 Å². The van der Waals surface area contributed by atoms with Gasteiger partial charge in [0.25, 0.3) is 0 Å². The van der Waals surface area contributed by atoms with Gasteiger partial charge in [0, 0.05) is 38.4 Å². The first kappa shape index (κ1) is 16.9. The molecule has 0 aromatic carbocycles. The Labute approximate surface area is 120 Å². The van der Waals surface area contributed by atoms with Gasteiger partial charge in [-0.3, -0.25) is 0 Å². The smallest absolute Gasteiger partial charge is 0.0472 e. The van der Waals surface area contributed by atoms with Crippen LogP contribution < -0.4 is 5.32 Å². The standard InChI is InChI=1S/C16H34N2O/c1-13(2)15(5)18(6)12-16(11-17-14(3)4)7-9-19-10-8-16/h13-15,17H,7-12H2,1-6H3. The topological polar surface area (TPSA) is 24.5 Å². The monoisotopic (exact) mass is 270 g/mol. The molecule has 1 heterocycles. The molecule has 0 radical (unpaired) electrons. The highest BCUT2D eigenvalue weighted by molar-refractivity contribution is 4.88. The second kappa shape index (κ2) is 7.61. The van der Waals surface area contributed by atoms with Crippen LogP contribution in [-0.2, 0) is 4.74 Å². The van der Waals surface area contributed by atoms with Crippen molar-refractivity contribution in [3.05, 3.63) is 0 Å². The molecule has 0 amide bonds. The molecular weight excluding hydrogens is 236 g/mol. The first-order valence-electron chi connectivity index (χ1n) is 7.88. The molecule has 1 aliphatic rings. The molecule has 19 heavy (non-hydrogen) atoms. The lowest BCUT2D eigenvalue weighted by Gasteiger charge is -2.43. The highest BCUT2D eigenvalue weighted by atomic mass is 16.5. The Morgan fingerprint density at radius 3 is 2.16 bits per heavy atom. The maximum Gasteiger partial charge on any atom is 0.0472 e. The minimum absolute atomic E-state index is 0.389. The number of ether oxygens (including phenoxy) is 1. The van der Waals surface area contributed by atoms with E-state index < -0.39 is 0 Å². The molecule has 1 N–H and O–H groups in total. The van der Waals surface area contributed by atoms with Crippen LogP contribution in [0.1, 0.15) is 47.5 Å². The van der Waals surface area contributed by atoms with Crippen molar-refractivity contribution in [2.75, 3.05) is 33.4 Å². The van der Waals surface area contributed by atoms with Gasteiger partial charge in [-0.15, -0.1) is 0 Å². The fraction of sp³-hybridized carbons (Fsp3) is 1.00. The molecular formula is C16H34N2O. The number of nitrogens with one attached hydrogen (secondary N) is 1. The lowest BCUT2D eigenvalue weighted by atomic mass is 9.79. The molecule has 0 saturated carbocycles. The zero-order valence-corrected chi connectivity index (χ0v) is 13.8. The minimum Gasteiger partial charge on any atom is -0.381 e. The van der Waals surface area contributed by atoms with Crippen molar-refractivity contribution >= 4 is 0 Å². The molecule has 1 atom stereocenters. The van der Waals surface area contributed by atoms with Crippen LogP contribution in [0, 0.1) is 11.3 Å². The average molecular weight is 270 g/mol. The molecule has 1 saturated heterocycles. The van der Waals surface area contributed by atoms with Crippen molar-refractivity contribution in [1.82, 2.24) is 10.2 Å². The zero-order valence-electron chi connectivity index (χ0n) is 13.8. The maximum absolute atomic E-state index is 5.57. The van der Waals surface area contributed by atoms with Crippen LogP contribution in [0.2, 0.25) is 0 Å². The molecule has 1 unspecified atom stereocenters. The van der Waals surface area contributed by atoms with Crippen LogP contribution in [0.15, 0.2) is 0 Å². The van der Waals surface area contributed by atoms with Gasteiger partial charge in [0.2, 0.25) is 0 Å². The van der Waals surface area contributed by atoms with Crippen LogP contribution >= 0.6 is 0 Å². The van der Waals surface area contributed by atoms with Crippen LogP contribution in [-0.4, -0.2) is 50.3 Å². The second-order valence-electron chi connectivity index (χ2n) is 7.05. The molecule has 114 valence electrons. The van der Waals surface area contributed by atoms with Crippen LogP contribution in [0.4, 0.5) is 0 Å². The van der Waals surface area contributed by atoms with E-state index in [1.54, 1.807) is 0 Å². The minimum atomic E-state index is 0.389. The van der Waals surface area contributed by atoms with Gasteiger partial charge in [0.15, 0.2) is 0 Å². The van der Waals surface area contributed by atoms with Crippen molar-refractivity contribution in [3.63, 3.8) is 0 Å². The zero-order chi connectivity index (χ0) is 14.5. The van der Waals surface area contributed by atoms with Gasteiger partial charge < -0.3 is 15.0 Å². The van der Waals surface area contributed by atoms with Gasteiger partial charge in [0.1, 0.15) is 0 Å². The molecule has 1 rings (SSSR count). The lowest BCUT2D eigenvalue weighted by Crippen LogP contribution is -2.50. The van der Waals surface area contributed by atoms with E-state index in [4.69, 9.17) is 4.74 Å². The van der Waals surface area contributed by atoms with E-state index in [2.05, 4.69) is 51.9 Å². The van der Waals surface area contributed by atoms with Gasteiger partial charge in [-0.2, -0.15) is 0 Å². The fourth-order valence-corrected chi connectivity index (χ4v) is 2.80. The van der Waals surface area contributed by atoms with Gasteiger partial charge >= 0.3 is 0 Å². The largest absolute Gasteiger partial charge is 0.381 e. The summed E-state index contributed by atoms with van der Waals surface area (Å²) in [6.07, 6.45) is 2.36. The normalized spacial score (nSPS) is 21.3. The predicted molar refractivity (Wildman–Crippen MR) is 82.6 cm³/mol. The summed E-state index contributed by atoms with van der Waals surface area (Å²) in [7, 11) is 2.28. The summed E-state index contributed by atoms with van der Waals surface area (Å²) < 4.78 is 5.57. The Hall–Kier alpha value is -0.120. The van der Waals surface area contributed by atoms with E-state index in [0.29, 0.717) is 23.4 Å². The van der Waals surface area contributed by atoms with Crippen LogP contribution in [0.3, 0.4) is 0 Å². The maximum atomic E-state index is 5.57. The van der Waals surface area contributed by atoms with Crippen LogP contribution in [0.5, 0.6) is 0 Å². The predicted octanol–water partition coefficient (Wildman–Crippen LogP) is 2.76. The number of hydrogen-bond donors (Lipinski definition) is 1. The summed E-state index contributed by atoms with van der Waals surface area (Å²) in [6.45, 7) is 15.6. The molecule has 0 aromatic heterocycles. The summed E-state index contributed by atoms with van der Waals surface area (Å²) in [5.41, 5.74) is 0.389. The van der Waals surface area contributed by atoms with Crippen molar-refractivity contribution < 1.29 is 4.74 Å². The highest BCUT2D eigenvalue weighted by Crippen LogP contribution is 2.31. The third-order valence-corrected chi connectivity index (χ3v) is 4.68. The van der Waals surface area contributed by atoms with Crippen molar-refractivity contribution in [2.24, 2.45) is 11.3 Å². The molecule has 0 bridgehead atoms. The Kier molecular flexibility index (Phi) is 6.78. The molecule has 1 fully saturated rings.